The molecule has 2 heterocycles. The van der Waals surface area contributed by atoms with Crippen molar-refractivity contribution in [1.82, 2.24) is 15.2 Å². The van der Waals surface area contributed by atoms with E-state index < -0.39 is 0 Å². The van der Waals surface area contributed by atoms with Gasteiger partial charge in [-0.1, -0.05) is 11.3 Å². The normalized spacial score (nSPS) is 12.7. The Labute approximate surface area is 83.7 Å². The first-order chi connectivity index (χ1) is 6.36. The van der Waals surface area contributed by atoms with Crippen molar-refractivity contribution < 1.29 is 0 Å². The van der Waals surface area contributed by atoms with E-state index in [4.69, 9.17) is 0 Å². The van der Waals surface area contributed by atoms with Gasteiger partial charge in [0.25, 0.3) is 0 Å². The summed E-state index contributed by atoms with van der Waals surface area (Å²) in [7, 11) is 0. The third kappa shape index (κ3) is 2.02. The Morgan fingerprint density at radius 1 is 1.46 bits per heavy atom. The number of thiazole rings is 1. The van der Waals surface area contributed by atoms with Crippen LogP contribution in [-0.2, 0) is 0 Å². The summed E-state index contributed by atoms with van der Waals surface area (Å²) in [5.74, 6) is 0. The van der Waals surface area contributed by atoms with Crippen molar-refractivity contribution in [3.63, 3.8) is 0 Å². The van der Waals surface area contributed by atoms with Crippen LogP contribution in [0.2, 0.25) is 0 Å². The minimum Gasteiger partial charge on any atom is -0.351 e. The Bertz CT molecular complexity index is 342. The number of nitrogens with zero attached hydrogens (tertiary/aromatic N) is 3. The lowest BCUT2D eigenvalue weighted by Crippen LogP contribution is -2.05. The largest absolute Gasteiger partial charge is 0.351 e. The van der Waals surface area contributed by atoms with E-state index in [0.717, 1.165) is 10.1 Å². The Hall–Kier alpha value is -1.01. The molecule has 0 bridgehead atoms. The summed E-state index contributed by atoms with van der Waals surface area (Å²) in [6.45, 7) is 2.06. The fraction of sp³-hybridized carbons (Fsp3) is 0.286. The molecule has 0 aliphatic carbocycles. The standard InChI is InChI=1S/C7H8N4S2/c1-5(6-8-2-3-12-6)10-7-11-9-4-13-7/h2-5H,1H3,(H,10,11). The van der Waals surface area contributed by atoms with Gasteiger partial charge in [0, 0.05) is 11.6 Å². The molecule has 1 unspecified atom stereocenters. The second-order valence-corrected chi connectivity index (χ2v) is 4.24. The average Bonchev–Trinajstić information content (AvgIpc) is 2.74. The maximum Gasteiger partial charge on any atom is 0.205 e. The van der Waals surface area contributed by atoms with Gasteiger partial charge in [-0.25, -0.2) is 4.98 Å². The lowest BCUT2D eigenvalue weighted by Gasteiger charge is -2.07. The minimum atomic E-state index is 0.202. The summed E-state index contributed by atoms with van der Waals surface area (Å²) in [5.41, 5.74) is 1.71. The molecule has 6 heteroatoms. The van der Waals surface area contributed by atoms with Crippen LogP contribution in [-0.4, -0.2) is 15.2 Å². The lowest BCUT2D eigenvalue weighted by molar-refractivity contribution is 0.860. The molecule has 2 aromatic rings. The smallest absolute Gasteiger partial charge is 0.205 e. The highest BCUT2D eigenvalue weighted by atomic mass is 32.1. The molecule has 0 aliphatic heterocycles. The van der Waals surface area contributed by atoms with E-state index in [1.165, 1.54) is 11.3 Å². The Kier molecular flexibility index (Phi) is 2.51. The monoisotopic (exact) mass is 212 g/mol. The van der Waals surface area contributed by atoms with Crippen molar-refractivity contribution >= 4 is 27.8 Å². The molecular formula is C7H8N4S2. The van der Waals surface area contributed by atoms with E-state index in [1.807, 2.05) is 5.38 Å². The molecular weight excluding hydrogens is 204 g/mol. The molecule has 68 valence electrons. The lowest BCUT2D eigenvalue weighted by atomic mass is 10.4. The number of anilines is 1. The van der Waals surface area contributed by atoms with E-state index in [1.54, 1.807) is 23.0 Å². The van der Waals surface area contributed by atoms with Gasteiger partial charge in [0.05, 0.1) is 6.04 Å². The number of rotatable bonds is 3. The molecule has 0 aromatic carbocycles. The minimum absolute atomic E-state index is 0.202. The van der Waals surface area contributed by atoms with Gasteiger partial charge in [0.2, 0.25) is 5.13 Å². The Morgan fingerprint density at radius 2 is 2.38 bits per heavy atom. The quantitative estimate of drug-likeness (QED) is 0.847. The molecule has 2 rings (SSSR count). The predicted molar refractivity (Wildman–Crippen MR) is 54.1 cm³/mol. The summed E-state index contributed by atoms with van der Waals surface area (Å²) in [4.78, 5) is 4.21. The highest BCUT2D eigenvalue weighted by Gasteiger charge is 2.08. The molecule has 2 aromatic heterocycles. The van der Waals surface area contributed by atoms with E-state index in [-0.39, 0.29) is 6.04 Å². The van der Waals surface area contributed by atoms with Gasteiger partial charge in [-0.15, -0.1) is 21.5 Å². The zero-order valence-corrected chi connectivity index (χ0v) is 8.60. The predicted octanol–water partition coefficient (Wildman–Crippen LogP) is 2.17. The summed E-state index contributed by atoms with van der Waals surface area (Å²) in [6, 6.07) is 0.202. The van der Waals surface area contributed by atoms with Crippen molar-refractivity contribution in [2.45, 2.75) is 13.0 Å². The molecule has 4 nitrogen and oxygen atoms in total. The molecule has 0 saturated heterocycles. The van der Waals surface area contributed by atoms with Gasteiger partial charge in [0.1, 0.15) is 10.5 Å². The van der Waals surface area contributed by atoms with E-state index in [2.05, 4.69) is 27.4 Å². The van der Waals surface area contributed by atoms with Crippen LogP contribution in [0, 0.1) is 0 Å². The van der Waals surface area contributed by atoms with Crippen LogP contribution in [0.4, 0.5) is 5.13 Å². The third-order valence-electron chi connectivity index (χ3n) is 1.52. The van der Waals surface area contributed by atoms with Crippen LogP contribution in [0.25, 0.3) is 0 Å². The van der Waals surface area contributed by atoms with E-state index in [9.17, 15) is 0 Å². The molecule has 13 heavy (non-hydrogen) atoms. The van der Waals surface area contributed by atoms with Gasteiger partial charge in [-0.05, 0) is 6.92 Å². The first-order valence-corrected chi connectivity index (χ1v) is 5.54. The van der Waals surface area contributed by atoms with Gasteiger partial charge < -0.3 is 5.32 Å². The molecule has 0 amide bonds. The van der Waals surface area contributed by atoms with E-state index in [0.29, 0.717) is 0 Å². The fourth-order valence-corrected chi connectivity index (χ4v) is 2.11. The second-order valence-electron chi connectivity index (χ2n) is 2.48. The van der Waals surface area contributed by atoms with Crippen LogP contribution in [0.15, 0.2) is 17.1 Å². The number of aromatic nitrogens is 3. The van der Waals surface area contributed by atoms with Gasteiger partial charge >= 0.3 is 0 Å². The molecule has 0 fully saturated rings. The van der Waals surface area contributed by atoms with Crippen molar-refractivity contribution in [2.75, 3.05) is 5.32 Å². The number of hydrogen-bond acceptors (Lipinski definition) is 6. The second kappa shape index (κ2) is 3.80. The summed E-state index contributed by atoms with van der Waals surface area (Å²) in [6.07, 6.45) is 1.80. The summed E-state index contributed by atoms with van der Waals surface area (Å²) in [5, 5.41) is 14.7. The first kappa shape index (κ1) is 8.58. The molecule has 0 aliphatic rings. The Morgan fingerprint density at radius 3 is 3.00 bits per heavy atom. The van der Waals surface area contributed by atoms with Crippen LogP contribution < -0.4 is 5.32 Å². The van der Waals surface area contributed by atoms with Crippen molar-refractivity contribution in [3.05, 3.63) is 22.1 Å². The molecule has 1 atom stereocenters. The van der Waals surface area contributed by atoms with Crippen LogP contribution in [0.1, 0.15) is 18.0 Å². The van der Waals surface area contributed by atoms with Crippen molar-refractivity contribution in [3.8, 4) is 0 Å². The average molecular weight is 212 g/mol. The number of hydrogen-bond donors (Lipinski definition) is 1. The van der Waals surface area contributed by atoms with Crippen LogP contribution in [0.5, 0.6) is 0 Å². The summed E-state index contributed by atoms with van der Waals surface area (Å²) < 4.78 is 0. The van der Waals surface area contributed by atoms with Gasteiger partial charge in [-0.3, -0.25) is 0 Å². The zero-order valence-electron chi connectivity index (χ0n) is 6.97. The topological polar surface area (TPSA) is 50.7 Å². The van der Waals surface area contributed by atoms with Crippen molar-refractivity contribution in [1.29, 1.82) is 0 Å². The van der Waals surface area contributed by atoms with Crippen LogP contribution >= 0.6 is 22.7 Å². The zero-order chi connectivity index (χ0) is 9.10. The molecule has 0 saturated carbocycles. The van der Waals surface area contributed by atoms with Crippen molar-refractivity contribution in [2.24, 2.45) is 0 Å². The first-order valence-electron chi connectivity index (χ1n) is 3.78. The summed E-state index contributed by atoms with van der Waals surface area (Å²) >= 11 is 3.13. The Balaban J connectivity index is 2.04. The fourth-order valence-electron chi connectivity index (χ4n) is 0.931. The highest BCUT2D eigenvalue weighted by molar-refractivity contribution is 7.13. The van der Waals surface area contributed by atoms with Crippen LogP contribution in [0.3, 0.4) is 0 Å². The maximum atomic E-state index is 4.21. The molecule has 0 radical (unpaired) electrons. The maximum absolute atomic E-state index is 4.21. The molecule has 0 spiro atoms. The number of nitrogens with one attached hydrogen (secondary N) is 1. The van der Waals surface area contributed by atoms with Gasteiger partial charge in [-0.2, -0.15) is 0 Å². The van der Waals surface area contributed by atoms with Gasteiger partial charge in [0.15, 0.2) is 0 Å². The highest BCUT2D eigenvalue weighted by Crippen LogP contribution is 2.20. The molecule has 1 N–H and O–H groups in total. The third-order valence-corrected chi connectivity index (χ3v) is 3.10. The van der Waals surface area contributed by atoms with E-state index >= 15 is 0 Å². The SMILES string of the molecule is CC(Nc1nncs1)c1nccs1.